The molecule has 20 heavy (non-hydrogen) atoms. The first kappa shape index (κ1) is 16.1. The van der Waals surface area contributed by atoms with Gasteiger partial charge in [0.05, 0.1) is 20.3 Å². The van der Waals surface area contributed by atoms with Gasteiger partial charge < -0.3 is 15.2 Å². The number of esters is 1. The topological polar surface area (TPSA) is 61.5 Å². The van der Waals surface area contributed by atoms with Crippen molar-refractivity contribution in [1.29, 1.82) is 0 Å². The van der Waals surface area contributed by atoms with Gasteiger partial charge in [0.15, 0.2) is 0 Å². The van der Waals surface area contributed by atoms with E-state index in [1.165, 1.54) is 7.11 Å². The number of rotatable bonds is 7. The third-order valence-corrected chi connectivity index (χ3v) is 2.92. The fraction of sp³-hybridized carbons (Fsp3) is 0.312. The monoisotopic (exact) mass is 275 g/mol. The molecule has 0 spiro atoms. The van der Waals surface area contributed by atoms with Crippen molar-refractivity contribution in [2.45, 2.75) is 19.1 Å². The van der Waals surface area contributed by atoms with Crippen LogP contribution in [0.4, 0.5) is 0 Å². The second-order valence-corrected chi connectivity index (χ2v) is 4.62. The zero-order chi connectivity index (χ0) is 15.0. The highest BCUT2D eigenvalue weighted by atomic mass is 16.5. The lowest BCUT2D eigenvalue weighted by atomic mass is 9.94. The Bertz CT molecular complexity index is 478. The first-order valence-electron chi connectivity index (χ1n) is 6.33. The maximum absolute atomic E-state index is 11.5. The van der Waals surface area contributed by atoms with Gasteiger partial charge in [-0.25, -0.2) is 4.79 Å². The van der Waals surface area contributed by atoms with Crippen LogP contribution >= 0.6 is 0 Å². The van der Waals surface area contributed by atoms with Crippen LogP contribution < -0.4 is 5.73 Å². The quantitative estimate of drug-likeness (QED) is 0.471. The summed E-state index contributed by atoms with van der Waals surface area (Å²) in [6.45, 7) is 6.31. The van der Waals surface area contributed by atoms with Crippen molar-refractivity contribution in [2.75, 3.05) is 13.7 Å². The first-order valence-corrected chi connectivity index (χ1v) is 6.33. The molecule has 0 radical (unpaired) electrons. The molecule has 4 nitrogen and oxygen atoms in total. The summed E-state index contributed by atoms with van der Waals surface area (Å²) in [6, 6.07) is 9.88. The van der Waals surface area contributed by atoms with Gasteiger partial charge in [0.25, 0.3) is 0 Å². The normalized spacial score (nSPS) is 13.9. The molecule has 0 aliphatic carbocycles. The van der Waals surface area contributed by atoms with E-state index in [-0.39, 0.29) is 0 Å². The zero-order valence-corrected chi connectivity index (χ0v) is 12.0. The minimum Gasteiger partial charge on any atom is -0.467 e. The summed E-state index contributed by atoms with van der Waals surface area (Å²) < 4.78 is 10.1. The molecule has 1 aromatic rings. The van der Waals surface area contributed by atoms with Crippen molar-refractivity contribution >= 4 is 5.97 Å². The van der Waals surface area contributed by atoms with Crippen molar-refractivity contribution < 1.29 is 14.3 Å². The summed E-state index contributed by atoms with van der Waals surface area (Å²) in [5.41, 5.74) is 6.22. The lowest BCUT2D eigenvalue weighted by molar-refractivity contribution is -0.144. The van der Waals surface area contributed by atoms with Crippen LogP contribution in [0.2, 0.25) is 0 Å². The largest absolute Gasteiger partial charge is 0.467 e. The second-order valence-electron chi connectivity index (χ2n) is 4.62. The molecule has 0 aromatic heterocycles. The SMILES string of the molecule is C=C(/C=C/COCc1ccccc1)[C@](C)(N)C(=O)OC. The fourth-order valence-electron chi connectivity index (χ4n) is 1.53. The molecule has 1 rings (SSSR count). The number of nitrogens with two attached hydrogens (primary N) is 1. The molecule has 2 N–H and O–H groups in total. The Kier molecular flexibility index (Phi) is 6.15. The highest BCUT2D eigenvalue weighted by molar-refractivity contribution is 5.84. The van der Waals surface area contributed by atoms with E-state index in [9.17, 15) is 4.79 Å². The number of hydrogen-bond donors (Lipinski definition) is 1. The van der Waals surface area contributed by atoms with Gasteiger partial charge in [0, 0.05) is 0 Å². The molecule has 108 valence electrons. The molecule has 1 atom stereocenters. The molecule has 0 bridgehead atoms. The molecule has 0 aliphatic heterocycles. The Morgan fingerprint density at radius 3 is 2.65 bits per heavy atom. The minimum absolute atomic E-state index is 0.422. The van der Waals surface area contributed by atoms with Crippen molar-refractivity contribution in [3.8, 4) is 0 Å². The smallest absolute Gasteiger partial charge is 0.330 e. The number of carbonyl (C=O) groups is 1. The molecule has 0 aliphatic rings. The van der Waals surface area contributed by atoms with Gasteiger partial charge in [0.1, 0.15) is 5.54 Å². The highest BCUT2D eigenvalue weighted by Gasteiger charge is 2.31. The number of hydrogen-bond acceptors (Lipinski definition) is 4. The summed E-state index contributed by atoms with van der Waals surface area (Å²) in [4.78, 5) is 11.5. The van der Waals surface area contributed by atoms with Gasteiger partial charge in [-0.15, -0.1) is 0 Å². The van der Waals surface area contributed by atoms with E-state index in [2.05, 4.69) is 11.3 Å². The van der Waals surface area contributed by atoms with E-state index in [0.29, 0.717) is 18.8 Å². The molecule has 0 fully saturated rings. The molecule has 1 aromatic carbocycles. The maximum Gasteiger partial charge on any atom is 0.330 e. The van der Waals surface area contributed by atoms with Crippen LogP contribution in [0.5, 0.6) is 0 Å². The van der Waals surface area contributed by atoms with E-state index < -0.39 is 11.5 Å². The fourth-order valence-corrected chi connectivity index (χ4v) is 1.53. The minimum atomic E-state index is -1.22. The van der Waals surface area contributed by atoms with E-state index in [1.807, 2.05) is 30.3 Å². The van der Waals surface area contributed by atoms with Crippen molar-refractivity contribution in [3.63, 3.8) is 0 Å². The Labute approximate surface area is 119 Å². The van der Waals surface area contributed by atoms with Crippen LogP contribution in [-0.4, -0.2) is 25.2 Å². The molecule has 0 saturated carbocycles. The van der Waals surface area contributed by atoms with Crippen LogP contribution in [0.25, 0.3) is 0 Å². The number of benzene rings is 1. The Hall–Kier alpha value is -1.91. The van der Waals surface area contributed by atoms with Crippen LogP contribution in [0.15, 0.2) is 54.6 Å². The number of ether oxygens (including phenoxy) is 2. The standard InChI is InChI=1S/C16H21NO3/c1-13(16(2,17)15(18)19-3)8-7-11-20-12-14-9-5-4-6-10-14/h4-10H,1,11-12,17H2,2-3H3/b8-7+/t16-/m0/s1. The molecule has 0 unspecified atom stereocenters. The number of methoxy groups -OCH3 is 1. The van der Waals surface area contributed by atoms with Crippen LogP contribution in [0.1, 0.15) is 12.5 Å². The second kappa shape index (κ2) is 7.62. The van der Waals surface area contributed by atoms with Crippen molar-refractivity contribution in [2.24, 2.45) is 5.73 Å². The Morgan fingerprint density at radius 2 is 2.05 bits per heavy atom. The van der Waals surface area contributed by atoms with Crippen molar-refractivity contribution in [1.82, 2.24) is 0 Å². The molecular weight excluding hydrogens is 254 g/mol. The first-order chi connectivity index (χ1) is 9.48. The van der Waals surface area contributed by atoms with Gasteiger partial charge in [-0.1, -0.05) is 49.1 Å². The summed E-state index contributed by atoms with van der Waals surface area (Å²) >= 11 is 0. The number of carbonyl (C=O) groups excluding carboxylic acids is 1. The van der Waals surface area contributed by atoms with Gasteiger partial charge in [-0.3, -0.25) is 0 Å². The summed E-state index contributed by atoms with van der Waals surface area (Å²) in [5.74, 6) is -0.516. The van der Waals surface area contributed by atoms with Crippen LogP contribution in [-0.2, 0) is 20.9 Å². The Morgan fingerprint density at radius 1 is 1.40 bits per heavy atom. The van der Waals surface area contributed by atoms with E-state index in [1.54, 1.807) is 19.1 Å². The van der Waals surface area contributed by atoms with Gasteiger partial charge in [0.2, 0.25) is 0 Å². The average Bonchev–Trinajstić information content (AvgIpc) is 2.46. The zero-order valence-electron chi connectivity index (χ0n) is 12.0. The third-order valence-electron chi connectivity index (χ3n) is 2.92. The molecule has 0 saturated heterocycles. The van der Waals surface area contributed by atoms with Gasteiger partial charge >= 0.3 is 5.97 Å². The predicted octanol–water partition coefficient (Wildman–Crippen LogP) is 2.21. The summed E-state index contributed by atoms with van der Waals surface area (Å²) in [7, 11) is 1.30. The molecular formula is C16H21NO3. The van der Waals surface area contributed by atoms with Gasteiger partial charge in [-0.2, -0.15) is 0 Å². The predicted molar refractivity (Wildman–Crippen MR) is 79.0 cm³/mol. The molecule has 0 amide bonds. The van der Waals surface area contributed by atoms with Crippen molar-refractivity contribution in [3.05, 3.63) is 60.2 Å². The van der Waals surface area contributed by atoms with E-state index in [4.69, 9.17) is 10.5 Å². The molecule has 4 heteroatoms. The van der Waals surface area contributed by atoms with Gasteiger partial charge in [-0.05, 0) is 18.1 Å². The molecule has 0 heterocycles. The summed E-state index contributed by atoms with van der Waals surface area (Å²) in [6.07, 6.45) is 3.46. The van der Waals surface area contributed by atoms with E-state index >= 15 is 0 Å². The highest BCUT2D eigenvalue weighted by Crippen LogP contribution is 2.14. The van der Waals surface area contributed by atoms with Crippen LogP contribution in [0, 0.1) is 0 Å². The lowest BCUT2D eigenvalue weighted by Crippen LogP contribution is -2.46. The summed E-state index contributed by atoms with van der Waals surface area (Å²) in [5, 5.41) is 0. The van der Waals surface area contributed by atoms with E-state index in [0.717, 1.165) is 5.56 Å². The maximum atomic E-state index is 11.5. The van der Waals surface area contributed by atoms with Crippen LogP contribution in [0.3, 0.4) is 0 Å². The average molecular weight is 275 g/mol. The third kappa shape index (κ3) is 4.64. The lowest BCUT2D eigenvalue weighted by Gasteiger charge is -2.21. The Balaban J connectivity index is 2.38.